The topological polar surface area (TPSA) is 24.7 Å². The first-order chi connectivity index (χ1) is 14.3. The van der Waals surface area contributed by atoms with Gasteiger partial charge in [-0.15, -0.1) is 23.5 Å². The Balaban J connectivity index is 2.01. The highest BCUT2D eigenvalue weighted by Crippen LogP contribution is 2.34. The molecular weight excluding hydrogens is 416 g/mol. The lowest BCUT2D eigenvalue weighted by atomic mass is 9.94. The monoisotopic (exact) mass is 454 g/mol. The highest BCUT2D eigenvalue weighted by atomic mass is 32.2. The lowest BCUT2D eigenvalue weighted by molar-refractivity contribution is 0.396. The predicted octanol–water partition coefficient (Wildman–Crippen LogP) is 8.03. The first-order valence-corrected chi connectivity index (χ1v) is 12.5. The van der Waals surface area contributed by atoms with Crippen LogP contribution in [0.4, 0.5) is 0 Å². The summed E-state index contributed by atoms with van der Waals surface area (Å²) in [5.74, 6) is 0. The van der Waals surface area contributed by atoms with Gasteiger partial charge < -0.3 is 0 Å². The molecule has 0 N–H and O–H groups in total. The van der Waals surface area contributed by atoms with Gasteiger partial charge in [0.15, 0.2) is 0 Å². The summed E-state index contributed by atoms with van der Waals surface area (Å²) in [7, 11) is 0. The average molecular weight is 455 g/mol. The smallest absolute Gasteiger partial charge is 0.0458 e. The van der Waals surface area contributed by atoms with Crippen LogP contribution in [0.15, 0.2) is 68.3 Å². The van der Waals surface area contributed by atoms with Crippen LogP contribution in [0, 0.1) is 5.41 Å². The number of nitrogens with zero attached hydrogens (tertiary/aromatic N) is 2. The lowest BCUT2D eigenvalue weighted by Crippen LogP contribution is -2.20. The van der Waals surface area contributed by atoms with Crippen molar-refractivity contribution in [1.82, 2.24) is 0 Å². The molecule has 0 saturated carbocycles. The summed E-state index contributed by atoms with van der Waals surface area (Å²) in [6.45, 7) is 19.4. The third-order valence-corrected chi connectivity index (χ3v) is 6.58. The molecular formula is C27H38N2S2. The van der Waals surface area contributed by atoms with Crippen LogP contribution in [-0.4, -0.2) is 35.0 Å². The van der Waals surface area contributed by atoms with E-state index in [0.717, 1.165) is 13.1 Å². The van der Waals surface area contributed by atoms with Crippen molar-refractivity contribution in [3.05, 3.63) is 59.7 Å². The highest BCUT2D eigenvalue weighted by molar-refractivity contribution is 8.01. The van der Waals surface area contributed by atoms with Gasteiger partial charge in [0.2, 0.25) is 0 Å². The van der Waals surface area contributed by atoms with Gasteiger partial charge in [-0.3, -0.25) is 9.98 Å². The molecule has 0 spiro atoms. The van der Waals surface area contributed by atoms with Crippen molar-refractivity contribution in [2.75, 3.05) is 13.1 Å². The minimum absolute atomic E-state index is 0.00519. The first kappa shape index (κ1) is 25.7. The maximum Gasteiger partial charge on any atom is 0.0458 e. The van der Waals surface area contributed by atoms with Gasteiger partial charge in [0.25, 0.3) is 0 Å². The summed E-state index contributed by atoms with van der Waals surface area (Å²) in [6.07, 6.45) is 4.05. The Morgan fingerprint density at radius 3 is 1.32 bits per heavy atom. The second-order valence-corrected chi connectivity index (χ2v) is 14.3. The number of hydrogen-bond donors (Lipinski definition) is 0. The van der Waals surface area contributed by atoms with Crippen molar-refractivity contribution >= 4 is 36.0 Å². The van der Waals surface area contributed by atoms with Crippen LogP contribution in [0.1, 0.15) is 66.5 Å². The number of hydrogen-bond acceptors (Lipinski definition) is 4. The summed E-state index contributed by atoms with van der Waals surface area (Å²) < 4.78 is 0.360. The summed E-state index contributed by atoms with van der Waals surface area (Å²) in [5, 5.41) is 0. The van der Waals surface area contributed by atoms with Crippen LogP contribution < -0.4 is 0 Å². The molecule has 0 saturated heterocycles. The van der Waals surface area contributed by atoms with E-state index in [1.165, 1.54) is 20.9 Å². The molecule has 31 heavy (non-hydrogen) atoms. The Bertz CT molecular complexity index is 826. The molecule has 2 aromatic rings. The van der Waals surface area contributed by atoms with Gasteiger partial charge in [-0.05, 0) is 12.1 Å². The van der Waals surface area contributed by atoms with Gasteiger partial charge in [-0.2, -0.15) is 0 Å². The van der Waals surface area contributed by atoms with Crippen LogP contribution >= 0.6 is 23.5 Å². The predicted molar refractivity (Wildman–Crippen MR) is 143 cm³/mol. The maximum atomic E-state index is 4.78. The standard InChI is InChI=1S/C27H38N2S2/c1-25(2,3)30-23-15-11-9-13-21(23)17-28-19-27(7,8)20-29-18-22-14-10-12-16-24(22)31-26(4,5)6/h9-18H,19-20H2,1-8H3. The third kappa shape index (κ3) is 10.1. The largest absolute Gasteiger partial charge is 0.292 e. The number of benzene rings is 2. The maximum absolute atomic E-state index is 4.78. The molecule has 0 atom stereocenters. The summed E-state index contributed by atoms with van der Waals surface area (Å²) in [4.78, 5) is 12.1. The number of thioether (sulfide) groups is 2. The van der Waals surface area contributed by atoms with Crippen LogP contribution in [0.5, 0.6) is 0 Å². The second-order valence-electron chi connectivity index (χ2n) is 10.6. The van der Waals surface area contributed by atoms with E-state index in [-0.39, 0.29) is 14.9 Å². The van der Waals surface area contributed by atoms with E-state index in [4.69, 9.17) is 9.98 Å². The first-order valence-electron chi connectivity index (χ1n) is 10.9. The molecule has 0 aliphatic heterocycles. The van der Waals surface area contributed by atoms with Crippen LogP contribution in [0.2, 0.25) is 0 Å². The molecule has 2 aromatic carbocycles. The van der Waals surface area contributed by atoms with E-state index in [1.807, 2.05) is 36.0 Å². The Kier molecular flexibility index (Phi) is 9.03. The molecule has 4 heteroatoms. The molecule has 0 unspecified atom stereocenters. The van der Waals surface area contributed by atoms with Crippen molar-refractivity contribution in [1.29, 1.82) is 0 Å². The van der Waals surface area contributed by atoms with E-state index >= 15 is 0 Å². The fourth-order valence-electron chi connectivity index (χ4n) is 2.85. The van der Waals surface area contributed by atoms with E-state index in [9.17, 15) is 0 Å². The summed E-state index contributed by atoms with van der Waals surface area (Å²) in [5.41, 5.74) is 2.38. The molecule has 2 rings (SSSR count). The minimum Gasteiger partial charge on any atom is -0.292 e. The second kappa shape index (κ2) is 10.9. The molecule has 0 fully saturated rings. The quantitative estimate of drug-likeness (QED) is 0.298. The van der Waals surface area contributed by atoms with Gasteiger partial charge in [-0.25, -0.2) is 0 Å². The van der Waals surface area contributed by atoms with Crippen molar-refractivity contribution in [2.24, 2.45) is 15.4 Å². The van der Waals surface area contributed by atoms with Crippen molar-refractivity contribution in [2.45, 2.75) is 74.7 Å². The average Bonchev–Trinajstić information content (AvgIpc) is 2.62. The Morgan fingerprint density at radius 2 is 0.968 bits per heavy atom. The van der Waals surface area contributed by atoms with E-state index in [2.05, 4.69) is 104 Å². The Hall–Kier alpha value is -1.52. The van der Waals surface area contributed by atoms with Gasteiger partial charge in [0, 0.05) is 61.3 Å². The van der Waals surface area contributed by atoms with Crippen molar-refractivity contribution in [3.63, 3.8) is 0 Å². The molecule has 168 valence electrons. The molecule has 0 aromatic heterocycles. The van der Waals surface area contributed by atoms with Gasteiger partial charge in [0.05, 0.1) is 0 Å². The summed E-state index contributed by atoms with van der Waals surface area (Å²) in [6, 6.07) is 17.0. The minimum atomic E-state index is 0.00519. The van der Waals surface area contributed by atoms with Gasteiger partial charge in [-0.1, -0.05) is 91.8 Å². The van der Waals surface area contributed by atoms with Gasteiger partial charge >= 0.3 is 0 Å². The highest BCUT2D eigenvalue weighted by Gasteiger charge is 2.18. The lowest BCUT2D eigenvalue weighted by Gasteiger charge is -2.21. The van der Waals surface area contributed by atoms with Crippen LogP contribution in [0.25, 0.3) is 0 Å². The molecule has 2 nitrogen and oxygen atoms in total. The zero-order valence-electron chi connectivity index (χ0n) is 20.4. The van der Waals surface area contributed by atoms with Crippen molar-refractivity contribution in [3.8, 4) is 0 Å². The normalized spacial score (nSPS) is 13.4. The van der Waals surface area contributed by atoms with Crippen LogP contribution in [0.3, 0.4) is 0 Å². The molecule has 0 amide bonds. The number of rotatable bonds is 8. The van der Waals surface area contributed by atoms with E-state index in [0.29, 0.717) is 0 Å². The molecule has 0 bridgehead atoms. The molecule has 0 heterocycles. The SMILES string of the molecule is CC(C)(CN=Cc1ccccc1SC(C)(C)C)CN=Cc1ccccc1SC(C)(C)C. The zero-order valence-corrected chi connectivity index (χ0v) is 22.0. The Labute approximate surface area is 198 Å². The van der Waals surface area contributed by atoms with E-state index < -0.39 is 0 Å². The summed E-state index contributed by atoms with van der Waals surface area (Å²) >= 11 is 3.77. The van der Waals surface area contributed by atoms with Gasteiger partial charge in [0.1, 0.15) is 0 Å². The zero-order chi connectivity index (χ0) is 23.1. The number of aliphatic imine (C=N–C) groups is 2. The fourth-order valence-corrected chi connectivity index (χ4v) is 4.94. The molecule has 0 radical (unpaired) electrons. The van der Waals surface area contributed by atoms with Crippen LogP contribution in [-0.2, 0) is 0 Å². The molecule has 0 aliphatic rings. The fraction of sp³-hybridized carbons (Fsp3) is 0.481. The third-order valence-electron chi connectivity index (χ3n) is 4.17. The Morgan fingerprint density at radius 1 is 0.613 bits per heavy atom. The van der Waals surface area contributed by atoms with Crippen molar-refractivity contribution < 1.29 is 0 Å². The van der Waals surface area contributed by atoms with E-state index in [1.54, 1.807) is 0 Å². The molecule has 0 aliphatic carbocycles.